The third-order valence-corrected chi connectivity index (χ3v) is 6.57. The molecule has 0 spiro atoms. The lowest BCUT2D eigenvalue weighted by Gasteiger charge is -2.21. The molecule has 2 aliphatic rings. The Hall–Kier alpha value is -1.36. The zero-order valence-corrected chi connectivity index (χ0v) is 14.6. The summed E-state index contributed by atoms with van der Waals surface area (Å²) < 4.78 is 0. The van der Waals surface area contributed by atoms with Gasteiger partial charge in [-0.15, -0.1) is 11.3 Å². The van der Waals surface area contributed by atoms with Gasteiger partial charge in [0, 0.05) is 10.8 Å². The zero-order chi connectivity index (χ0) is 16.4. The number of hydrogen-bond acceptors (Lipinski definition) is 3. The van der Waals surface area contributed by atoms with E-state index in [2.05, 4.69) is 12.2 Å². The predicted molar refractivity (Wildman–Crippen MR) is 93.8 cm³/mol. The molecule has 1 unspecified atom stereocenters. The van der Waals surface area contributed by atoms with Gasteiger partial charge in [0.2, 0.25) is 5.91 Å². The molecule has 0 aliphatic heterocycles. The zero-order valence-electron chi connectivity index (χ0n) is 13.8. The van der Waals surface area contributed by atoms with E-state index in [9.17, 15) is 9.59 Å². The summed E-state index contributed by atoms with van der Waals surface area (Å²) >= 11 is 1.57. The molecule has 23 heavy (non-hydrogen) atoms. The summed E-state index contributed by atoms with van der Waals surface area (Å²) in [6.07, 6.45) is 9.57. The molecule has 3 rings (SSSR count). The van der Waals surface area contributed by atoms with Crippen LogP contribution in [0.25, 0.3) is 0 Å². The fourth-order valence-electron chi connectivity index (χ4n) is 3.93. The summed E-state index contributed by atoms with van der Waals surface area (Å²) in [5.74, 6) is 0.435. The molecule has 2 aliphatic carbocycles. The highest BCUT2D eigenvalue weighted by Crippen LogP contribution is 2.40. The van der Waals surface area contributed by atoms with E-state index in [-0.39, 0.29) is 11.8 Å². The van der Waals surface area contributed by atoms with Crippen LogP contribution in [0.15, 0.2) is 0 Å². The maximum absolute atomic E-state index is 12.5. The number of rotatable bonds is 4. The number of hydrogen-bond donors (Lipinski definition) is 2. The number of nitrogens with two attached hydrogens (primary N) is 1. The standard InChI is InChI=1S/C18H26N2O2S/c1-2-11-8-9-13-14(10-11)23-18(15(13)16(19)21)20-17(22)12-6-4-3-5-7-12/h11-12H,2-10H2,1H3,(H2,19,21)(H,20,22). The Balaban J connectivity index is 1.82. The van der Waals surface area contributed by atoms with Gasteiger partial charge in [-0.2, -0.15) is 0 Å². The molecule has 1 atom stereocenters. The third kappa shape index (κ3) is 3.44. The fraction of sp³-hybridized carbons (Fsp3) is 0.667. The second-order valence-corrected chi connectivity index (χ2v) is 8.02. The highest BCUT2D eigenvalue weighted by Gasteiger charge is 2.29. The molecule has 0 saturated heterocycles. The van der Waals surface area contributed by atoms with Crippen LogP contribution in [0.2, 0.25) is 0 Å². The third-order valence-electron chi connectivity index (χ3n) is 5.40. The highest BCUT2D eigenvalue weighted by atomic mass is 32.1. The number of fused-ring (bicyclic) bond motifs is 1. The van der Waals surface area contributed by atoms with Crippen molar-refractivity contribution in [3.63, 3.8) is 0 Å². The lowest BCUT2D eigenvalue weighted by Crippen LogP contribution is -2.26. The molecule has 126 valence electrons. The summed E-state index contributed by atoms with van der Waals surface area (Å²) in [5.41, 5.74) is 7.28. The van der Waals surface area contributed by atoms with Gasteiger partial charge in [-0.1, -0.05) is 32.6 Å². The largest absolute Gasteiger partial charge is 0.365 e. The van der Waals surface area contributed by atoms with Gasteiger partial charge in [0.15, 0.2) is 0 Å². The Bertz CT molecular complexity index is 602. The average molecular weight is 334 g/mol. The van der Waals surface area contributed by atoms with E-state index in [0.717, 1.165) is 56.9 Å². The summed E-state index contributed by atoms with van der Waals surface area (Å²) in [5, 5.41) is 3.72. The molecule has 4 nitrogen and oxygen atoms in total. The molecular formula is C18H26N2O2S. The second-order valence-electron chi connectivity index (χ2n) is 6.91. The van der Waals surface area contributed by atoms with Crippen LogP contribution in [0.4, 0.5) is 5.00 Å². The Kier molecular flexibility index (Phi) is 5.05. The fourth-order valence-corrected chi connectivity index (χ4v) is 5.30. The van der Waals surface area contributed by atoms with Gasteiger partial charge in [0.05, 0.1) is 5.56 Å². The number of anilines is 1. The maximum Gasteiger partial charge on any atom is 0.251 e. The minimum atomic E-state index is -0.406. The van der Waals surface area contributed by atoms with E-state index in [4.69, 9.17) is 5.73 Å². The Morgan fingerprint density at radius 2 is 1.96 bits per heavy atom. The topological polar surface area (TPSA) is 72.2 Å². The summed E-state index contributed by atoms with van der Waals surface area (Å²) in [6, 6.07) is 0. The number of carbonyl (C=O) groups is 2. The van der Waals surface area contributed by atoms with Gasteiger partial charge in [-0.25, -0.2) is 0 Å². The SMILES string of the molecule is CCC1CCc2c(sc(NC(=O)C3CCCCC3)c2C(N)=O)C1. The van der Waals surface area contributed by atoms with Crippen LogP contribution < -0.4 is 11.1 Å². The average Bonchev–Trinajstić information content (AvgIpc) is 2.92. The molecule has 1 saturated carbocycles. The van der Waals surface area contributed by atoms with Gasteiger partial charge in [0.1, 0.15) is 5.00 Å². The van der Waals surface area contributed by atoms with Crippen molar-refractivity contribution < 1.29 is 9.59 Å². The van der Waals surface area contributed by atoms with Crippen LogP contribution in [0.1, 0.15) is 72.7 Å². The first-order valence-corrected chi connectivity index (χ1v) is 9.67. The predicted octanol–water partition coefficient (Wildman–Crippen LogP) is 3.88. The first-order valence-electron chi connectivity index (χ1n) is 8.85. The van der Waals surface area contributed by atoms with Crippen molar-refractivity contribution >= 4 is 28.2 Å². The van der Waals surface area contributed by atoms with Crippen LogP contribution in [-0.4, -0.2) is 11.8 Å². The smallest absolute Gasteiger partial charge is 0.251 e. The van der Waals surface area contributed by atoms with Crippen LogP contribution >= 0.6 is 11.3 Å². The lowest BCUT2D eigenvalue weighted by molar-refractivity contribution is -0.120. The molecule has 1 aromatic heterocycles. The minimum absolute atomic E-state index is 0.0674. The molecule has 2 amide bonds. The molecule has 5 heteroatoms. The Labute approximate surface area is 141 Å². The summed E-state index contributed by atoms with van der Waals surface area (Å²) in [4.78, 5) is 25.7. The first-order chi connectivity index (χ1) is 11.1. The number of thiophene rings is 1. The van der Waals surface area contributed by atoms with Crippen LogP contribution in [0.3, 0.4) is 0 Å². The highest BCUT2D eigenvalue weighted by molar-refractivity contribution is 7.17. The second kappa shape index (κ2) is 7.04. The van der Waals surface area contributed by atoms with Crippen molar-refractivity contribution in [1.82, 2.24) is 0 Å². The van der Waals surface area contributed by atoms with Crippen molar-refractivity contribution in [2.24, 2.45) is 17.6 Å². The first kappa shape index (κ1) is 16.5. The van der Waals surface area contributed by atoms with Crippen molar-refractivity contribution in [1.29, 1.82) is 0 Å². The summed E-state index contributed by atoms with van der Waals surface area (Å²) in [7, 11) is 0. The number of amides is 2. The van der Waals surface area contributed by atoms with Crippen molar-refractivity contribution in [2.45, 2.75) is 64.7 Å². The molecule has 0 bridgehead atoms. The lowest BCUT2D eigenvalue weighted by atomic mass is 9.85. The Morgan fingerprint density at radius 1 is 1.22 bits per heavy atom. The Morgan fingerprint density at radius 3 is 2.61 bits per heavy atom. The summed E-state index contributed by atoms with van der Waals surface area (Å²) in [6.45, 7) is 2.21. The van der Waals surface area contributed by atoms with E-state index in [1.165, 1.54) is 11.3 Å². The van der Waals surface area contributed by atoms with E-state index in [1.807, 2.05) is 0 Å². The van der Waals surface area contributed by atoms with Gasteiger partial charge in [0.25, 0.3) is 5.91 Å². The van der Waals surface area contributed by atoms with Gasteiger partial charge >= 0.3 is 0 Å². The number of nitrogens with one attached hydrogen (secondary N) is 1. The monoisotopic (exact) mass is 334 g/mol. The molecular weight excluding hydrogens is 308 g/mol. The van der Waals surface area contributed by atoms with E-state index < -0.39 is 5.91 Å². The van der Waals surface area contributed by atoms with Gasteiger partial charge < -0.3 is 11.1 Å². The van der Waals surface area contributed by atoms with Crippen LogP contribution in [0.5, 0.6) is 0 Å². The van der Waals surface area contributed by atoms with Crippen LogP contribution in [0, 0.1) is 11.8 Å². The molecule has 0 aromatic carbocycles. The van der Waals surface area contributed by atoms with Gasteiger partial charge in [-0.3, -0.25) is 9.59 Å². The van der Waals surface area contributed by atoms with Crippen LogP contribution in [-0.2, 0) is 17.6 Å². The van der Waals surface area contributed by atoms with E-state index in [1.54, 1.807) is 11.3 Å². The van der Waals surface area contributed by atoms with Crippen molar-refractivity contribution in [2.75, 3.05) is 5.32 Å². The molecule has 3 N–H and O–H groups in total. The molecule has 1 fully saturated rings. The molecule has 1 aromatic rings. The van der Waals surface area contributed by atoms with Gasteiger partial charge in [-0.05, 0) is 43.6 Å². The number of primary amides is 1. The number of carbonyl (C=O) groups excluding carboxylic acids is 2. The molecule has 1 heterocycles. The van der Waals surface area contributed by atoms with Crippen molar-refractivity contribution in [3.8, 4) is 0 Å². The normalized spacial score (nSPS) is 21.7. The van der Waals surface area contributed by atoms with E-state index in [0.29, 0.717) is 16.5 Å². The quantitative estimate of drug-likeness (QED) is 0.877. The van der Waals surface area contributed by atoms with E-state index >= 15 is 0 Å². The minimum Gasteiger partial charge on any atom is -0.365 e. The molecule has 0 radical (unpaired) electrons. The van der Waals surface area contributed by atoms with Crippen molar-refractivity contribution in [3.05, 3.63) is 16.0 Å². The maximum atomic E-state index is 12.5.